The molecule has 0 aliphatic carbocycles. The molecule has 4 rings (SSSR count). The summed E-state index contributed by atoms with van der Waals surface area (Å²) in [5.41, 5.74) is 4.49. The SMILES string of the molecule is CCOc1cc(OCc2cccc(-c3cccc(OCCCN4CC[C@@H](O)C4)c3C)c2Cl)c(Cl)cc1CNC(CO)CO. The zero-order valence-corrected chi connectivity index (χ0v) is 26.3. The molecular formula is C33H42Cl2N2O6. The number of aliphatic hydroxyl groups excluding tert-OH is 3. The van der Waals surface area contributed by atoms with Gasteiger partial charge in [-0.2, -0.15) is 0 Å². The molecule has 1 atom stereocenters. The van der Waals surface area contributed by atoms with Gasteiger partial charge in [-0.25, -0.2) is 0 Å². The van der Waals surface area contributed by atoms with Gasteiger partial charge < -0.3 is 39.7 Å². The molecule has 0 radical (unpaired) electrons. The van der Waals surface area contributed by atoms with Crippen LogP contribution in [0, 0.1) is 6.92 Å². The Labute approximate surface area is 264 Å². The molecule has 4 N–H and O–H groups in total. The van der Waals surface area contributed by atoms with Crippen LogP contribution < -0.4 is 19.5 Å². The van der Waals surface area contributed by atoms with Crippen LogP contribution >= 0.6 is 23.2 Å². The minimum Gasteiger partial charge on any atom is -0.493 e. The number of nitrogens with one attached hydrogen (secondary N) is 1. The van der Waals surface area contributed by atoms with Gasteiger partial charge in [-0.3, -0.25) is 0 Å². The minimum atomic E-state index is -0.440. The van der Waals surface area contributed by atoms with Crippen molar-refractivity contribution in [2.45, 2.75) is 52.0 Å². The smallest absolute Gasteiger partial charge is 0.142 e. The van der Waals surface area contributed by atoms with Crippen molar-refractivity contribution in [2.24, 2.45) is 0 Å². The maximum absolute atomic E-state index is 9.73. The maximum atomic E-state index is 9.73. The highest BCUT2D eigenvalue weighted by Gasteiger charge is 2.20. The molecule has 0 spiro atoms. The van der Waals surface area contributed by atoms with E-state index < -0.39 is 6.04 Å². The highest BCUT2D eigenvalue weighted by molar-refractivity contribution is 6.34. The van der Waals surface area contributed by atoms with E-state index in [0.29, 0.717) is 41.3 Å². The van der Waals surface area contributed by atoms with Gasteiger partial charge >= 0.3 is 0 Å². The van der Waals surface area contributed by atoms with E-state index in [4.69, 9.17) is 37.4 Å². The van der Waals surface area contributed by atoms with Crippen LogP contribution in [-0.4, -0.2) is 78.4 Å². The van der Waals surface area contributed by atoms with E-state index in [9.17, 15) is 15.3 Å². The fourth-order valence-electron chi connectivity index (χ4n) is 5.16. The highest BCUT2D eigenvalue weighted by Crippen LogP contribution is 2.38. The van der Waals surface area contributed by atoms with E-state index >= 15 is 0 Å². The Balaban J connectivity index is 1.44. The summed E-state index contributed by atoms with van der Waals surface area (Å²) in [6, 6.07) is 14.9. The summed E-state index contributed by atoms with van der Waals surface area (Å²) in [5, 5.41) is 32.5. The Morgan fingerprint density at radius 2 is 1.72 bits per heavy atom. The molecule has 8 nitrogen and oxygen atoms in total. The van der Waals surface area contributed by atoms with Crippen LogP contribution in [0.4, 0.5) is 0 Å². The number of ether oxygens (including phenoxy) is 3. The molecule has 1 saturated heterocycles. The molecule has 0 aromatic heterocycles. The van der Waals surface area contributed by atoms with Crippen molar-refractivity contribution in [3.05, 3.63) is 75.3 Å². The van der Waals surface area contributed by atoms with E-state index in [1.54, 1.807) is 12.1 Å². The molecule has 1 heterocycles. The summed E-state index contributed by atoms with van der Waals surface area (Å²) in [6.07, 6.45) is 1.53. The standard InChI is InChI=1S/C33H42Cl2N2O6/c1-3-41-31-16-32(29(34)15-24(31)17-36-25(19-38)20-39)43-21-23-7-4-9-28(33(23)35)27-8-5-10-30(22(27)2)42-14-6-12-37-13-11-26(40)18-37/h4-5,7-10,15-16,25-26,36,38-40H,3,6,11-14,17-21H2,1-2H3/t26-/m1/s1. The van der Waals surface area contributed by atoms with Crippen molar-refractivity contribution >= 4 is 23.2 Å². The Bertz CT molecular complexity index is 1340. The van der Waals surface area contributed by atoms with Crippen LogP contribution in [0.1, 0.15) is 36.5 Å². The van der Waals surface area contributed by atoms with Gasteiger partial charge in [0.05, 0.1) is 48.6 Å². The van der Waals surface area contributed by atoms with Gasteiger partial charge in [0.25, 0.3) is 0 Å². The Morgan fingerprint density at radius 1 is 0.953 bits per heavy atom. The normalized spacial score (nSPS) is 15.3. The van der Waals surface area contributed by atoms with Crippen LogP contribution in [0.15, 0.2) is 48.5 Å². The molecule has 1 fully saturated rings. The Hall–Kier alpha value is -2.56. The van der Waals surface area contributed by atoms with E-state index in [1.165, 1.54) is 0 Å². The average Bonchev–Trinajstić information content (AvgIpc) is 3.42. The topological polar surface area (TPSA) is 104 Å². The molecule has 3 aromatic carbocycles. The third kappa shape index (κ3) is 8.99. The van der Waals surface area contributed by atoms with Gasteiger partial charge in [-0.05, 0) is 49.9 Å². The van der Waals surface area contributed by atoms with Crippen molar-refractivity contribution in [3.8, 4) is 28.4 Å². The molecule has 3 aromatic rings. The number of β-amino-alcohol motifs (C(OH)–C–C–N with tert-alkyl or cyclic N) is 1. The van der Waals surface area contributed by atoms with Crippen molar-refractivity contribution in [1.29, 1.82) is 0 Å². The lowest BCUT2D eigenvalue weighted by Gasteiger charge is -2.18. The number of hydrogen-bond acceptors (Lipinski definition) is 8. The van der Waals surface area contributed by atoms with Crippen LogP contribution in [0.25, 0.3) is 11.1 Å². The van der Waals surface area contributed by atoms with E-state index in [0.717, 1.165) is 66.0 Å². The van der Waals surface area contributed by atoms with Gasteiger partial charge in [-0.1, -0.05) is 53.5 Å². The second kappa shape index (κ2) is 16.5. The van der Waals surface area contributed by atoms with Crippen molar-refractivity contribution in [2.75, 3.05) is 46.1 Å². The molecule has 234 valence electrons. The quantitative estimate of drug-likeness (QED) is 0.159. The first kappa shape index (κ1) is 33.3. The zero-order valence-electron chi connectivity index (χ0n) is 24.8. The lowest BCUT2D eigenvalue weighted by atomic mass is 9.98. The number of hydrogen-bond donors (Lipinski definition) is 4. The Morgan fingerprint density at radius 3 is 2.44 bits per heavy atom. The predicted molar refractivity (Wildman–Crippen MR) is 171 cm³/mol. The molecule has 0 unspecified atom stereocenters. The molecular weight excluding hydrogens is 591 g/mol. The summed E-state index contributed by atoms with van der Waals surface area (Å²) >= 11 is 13.5. The van der Waals surface area contributed by atoms with E-state index in [-0.39, 0.29) is 25.9 Å². The third-order valence-electron chi connectivity index (χ3n) is 7.60. The fourth-order valence-corrected chi connectivity index (χ4v) is 5.68. The monoisotopic (exact) mass is 632 g/mol. The van der Waals surface area contributed by atoms with Gasteiger partial charge in [0, 0.05) is 48.9 Å². The number of nitrogens with zero attached hydrogens (tertiary/aromatic N) is 1. The number of rotatable bonds is 16. The first-order valence-electron chi connectivity index (χ1n) is 14.8. The third-order valence-corrected chi connectivity index (χ3v) is 8.34. The van der Waals surface area contributed by atoms with Gasteiger partial charge in [0.15, 0.2) is 0 Å². The van der Waals surface area contributed by atoms with E-state index in [1.807, 2.05) is 50.2 Å². The Kier molecular flexibility index (Phi) is 12.8. The molecule has 0 amide bonds. The molecule has 0 bridgehead atoms. The van der Waals surface area contributed by atoms with Gasteiger partial charge in [0.1, 0.15) is 23.9 Å². The van der Waals surface area contributed by atoms with Gasteiger partial charge in [-0.15, -0.1) is 0 Å². The van der Waals surface area contributed by atoms with E-state index in [2.05, 4.69) is 10.2 Å². The first-order chi connectivity index (χ1) is 20.8. The average molecular weight is 634 g/mol. The first-order valence-corrected chi connectivity index (χ1v) is 15.5. The second-order valence-electron chi connectivity index (χ2n) is 10.7. The maximum Gasteiger partial charge on any atom is 0.142 e. The van der Waals surface area contributed by atoms with Crippen LogP contribution in [-0.2, 0) is 13.2 Å². The van der Waals surface area contributed by atoms with Crippen LogP contribution in [0.5, 0.6) is 17.2 Å². The second-order valence-corrected chi connectivity index (χ2v) is 11.5. The molecule has 43 heavy (non-hydrogen) atoms. The van der Waals surface area contributed by atoms with Crippen LogP contribution in [0.3, 0.4) is 0 Å². The van der Waals surface area contributed by atoms with Crippen molar-refractivity contribution in [3.63, 3.8) is 0 Å². The predicted octanol–water partition coefficient (Wildman–Crippen LogP) is 5.22. The van der Waals surface area contributed by atoms with Crippen molar-refractivity contribution < 1.29 is 29.5 Å². The molecule has 1 aliphatic rings. The molecule has 1 aliphatic heterocycles. The summed E-state index contributed by atoms with van der Waals surface area (Å²) in [7, 11) is 0. The van der Waals surface area contributed by atoms with Crippen molar-refractivity contribution in [1.82, 2.24) is 10.2 Å². The fraction of sp³-hybridized carbons (Fsp3) is 0.455. The summed E-state index contributed by atoms with van der Waals surface area (Å²) in [5.74, 6) is 1.89. The molecule has 0 saturated carbocycles. The minimum absolute atomic E-state index is 0.183. The number of likely N-dealkylation sites (tertiary alicyclic amines) is 1. The lowest BCUT2D eigenvalue weighted by molar-refractivity contribution is 0.170. The largest absolute Gasteiger partial charge is 0.493 e. The number of halogens is 2. The van der Waals surface area contributed by atoms with Gasteiger partial charge in [0.2, 0.25) is 0 Å². The number of aliphatic hydroxyl groups is 3. The highest BCUT2D eigenvalue weighted by atomic mass is 35.5. The summed E-state index contributed by atoms with van der Waals surface area (Å²) in [4.78, 5) is 2.27. The zero-order chi connectivity index (χ0) is 30.8. The lowest BCUT2D eigenvalue weighted by Crippen LogP contribution is -2.35. The molecule has 10 heteroatoms. The van der Waals surface area contributed by atoms with Crippen LogP contribution in [0.2, 0.25) is 10.0 Å². The summed E-state index contributed by atoms with van der Waals surface area (Å²) < 4.78 is 18.1. The summed E-state index contributed by atoms with van der Waals surface area (Å²) in [6.45, 7) is 7.77. The number of benzene rings is 3.